The monoisotopic (exact) mass is 499 g/mol. The van der Waals surface area contributed by atoms with Crippen molar-refractivity contribution in [2.24, 2.45) is 10.8 Å². The summed E-state index contributed by atoms with van der Waals surface area (Å²) >= 11 is 16.7. The molecule has 1 amide bonds. The Morgan fingerprint density at radius 3 is 2.44 bits per heavy atom. The van der Waals surface area contributed by atoms with Crippen LogP contribution in [0.2, 0.25) is 10.0 Å². The first-order valence-corrected chi connectivity index (χ1v) is 10.8. The van der Waals surface area contributed by atoms with Crippen molar-refractivity contribution in [1.82, 2.24) is 10.3 Å². The van der Waals surface area contributed by atoms with Crippen molar-refractivity contribution in [3.05, 3.63) is 63.1 Å². The van der Waals surface area contributed by atoms with Gasteiger partial charge in [0.25, 0.3) is 5.91 Å². The first-order chi connectivity index (χ1) is 15.1. The first kappa shape index (κ1) is 24.2. The van der Waals surface area contributed by atoms with Crippen molar-refractivity contribution in [2.75, 3.05) is 18.0 Å². The summed E-state index contributed by atoms with van der Waals surface area (Å²) in [6.07, 6.45) is 1.10. The molecule has 0 aliphatic carbocycles. The van der Waals surface area contributed by atoms with Crippen LogP contribution in [0.25, 0.3) is 0 Å². The van der Waals surface area contributed by atoms with Gasteiger partial charge < -0.3 is 15.5 Å². The van der Waals surface area contributed by atoms with Crippen LogP contribution in [-0.2, 0) is 0 Å². The Hall–Kier alpha value is -2.49. The molecule has 0 aromatic heterocycles. The number of carbonyl (C=O) groups excluding carboxylic acids is 1. The number of hydrazone groups is 1. The molecule has 0 saturated carbocycles. The SMILES string of the molecule is C[C@@H]1CN(c2cc(F)c(C=NNC(N)=S)cc2F)C[C@H](C)N1C(=O)c1ccc(Cl)cc1Cl. The van der Waals surface area contributed by atoms with Crippen molar-refractivity contribution in [2.45, 2.75) is 25.9 Å². The number of halogens is 4. The number of rotatable bonds is 4. The average Bonchev–Trinajstić information content (AvgIpc) is 2.69. The van der Waals surface area contributed by atoms with Crippen LogP contribution in [0.4, 0.5) is 14.5 Å². The molecule has 11 heteroatoms. The quantitative estimate of drug-likeness (QED) is 0.375. The normalized spacial score (nSPS) is 18.8. The smallest absolute Gasteiger partial charge is 0.255 e. The van der Waals surface area contributed by atoms with E-state index < -0.39 is 11.6 Å². The number of amides is 1. The molecule has 3 rings (SSSR count). The number of anilines is 1. The maximum absolute atomic E-state index is 14.8. The summed E-state index contributed by atoms with van der Waals surface area (Å²) in [4.78, 5) is 16.5. The van der Waals surface area contributed by atoms with Gasteiger partial charge in [0, 0.05) is 41.8 Å². The zero-order valence-electron chi connectivity index (χ0n) is 17.3. The summed E-state index contributed by atoms with van der Waals surface area (Å²) in [7, 11) is 0. The average molecular weight is 500 g/mol. The van der Waals surface area contributed by atoms with Gasteiger partial charge in [-0.1, -0.05) is 23.2 Å². The second-order valence-electron chi connectivity index (χ2n) is 7.50. The molecule has 32 heavy (non-hydrogen) atoms. The van der Waals surface area contributed by atoms with E-state index >= 15 is 0 Å². The fourth-order valence-corrected chi connectivity index (χ4v) is 4.32. The second kappa shape index (κ2) is 9.97. The van der Waals surface area contributed by atoms with E-state index in [0.29, 0.717) is 23.7 Å². The summed E-state index contributed by atoms with van der Waals surface area (Å²) in [6.45, 7) is 4.32. The molecule has 6 nitrogen and oxygen atoms in total. The molecule has 0 radical (unpaired) electrons. The molecule has 170 valence electrons. The molecular weight excluding hydrogens is 479 g/mol. The number of hydrogen-bond donors (Lipinski definition) is 2. The molecule has 1 saturated heterocycles. The standard InChI is InChI=1S/C21H21Cl2F2N5OS/c1-11-9-29(19-7-17(24)13(5-18(19)25)8-27-28-21(26)32)10-12(2)30(11)20(31)15-4-3-14(22)6-16(15)23/h3-8,11-12H,9-10H2,1-2H3,(H3,26,28,32)/t11-,12+. The van der Waals surface area contributed by atoms with Gasteiger partial charge in [-0.25, -0.2) is 8.78 Å². The maximum atomic E-state index is 14.8. The molecule has 2 aromatic carbocycles. The highest BCUT2D eigenvalue weighted by molar-refractivity contribution is 7.80. The summed E-state index contributed by atoms with van der Waals surface area (Å²) in [5.41, 5.74) is 7.94. The number of benzene rings is 2. The molecule has 2 aromatic rings. The lowest BCUT2D eigenvalue weighted by atomic mass is 10.0. The third-order valence-corrected chi connectivity index (χ3v) is 5.74. The number of nitrogens with zero attached hydrogens (tertiary/aromatic N) is 3. The number of carbonyl (C=O) groups is 1. The zero-order valence-corrected chi connectivity index (χ0v) is 19.6. The van der Waals surface area contributed by atoms with Crippen LogP contribution >= 0.6 is 35.4 Å². The Bertz CT molecular complexity index is 1070. The summed E-state index contributed by atoms with van der Waals surface area (Å²) in [5.74, 6) is -1.50. The molecule has 3 N–H and O–H groups in total. The molecule has 2 atom stereocenters. The second-order valence-corrected chi connectivity index (χ2v) is 8.78. The topological polar surface area (TPSA) is 74.0 Å². The van der Waals surface area contributed by atoms with E-state index in [0.717, 1.165) is 18.3 Å². The van der Waals surface area contributed by atoms with Crippen molar-refractivity contribution in [3.63, 3.8) is 0 Å². The minimum Gasteiger partial charge on any atom is -0.375 e. The summed E-state index contributed by atoms with van der Waals surface area (Å²) in [5, 5.41) is 4.27. The summed E-state index contributed by atoms with van der Waals surface area (Å²) in [6, 6.07) is 6.31. The Kier molecular flexibility index (Phi) is 7.53. The van der Waals surface area contributed by atoms with Crippen LogP contribution in [0.3, 0.4) is 0 Å². The zero-order chi connectivity index (χ0) is 23.6. The lowest BCUT2D eigenvalue weighted by Gasteiger charge is -2.45. The van der Waals surface area contributed by atoms with Gasteiger partial charge in [-0.3, -0.25) is 10.2 Å². The Morgan fingerprint density at radius 1 is 1.19 bits per heavy atom. The van der Waals surface area contributed by atoms with E-state index in [4.69, 9.17) is 28.9 Å². The maximum Gasteiger partial charge on any atom is 0.255 e. The molecule has 1 aliphatic rings. The highest BCUT2D eigenvalue weighted by Crippen LogP contribution is 2.30. The number of hydrogen-bond acceptors (Lipinski definition) is 4. The third-order valence-electron chi connectivity index (χ3n) is 5.10. The van der Waals surface area contributed by atoms with Crippen LogP contribution in [0, 0.1) is 11.6 Å². The molecule has 0 bridgehead atoms. The molecule has 1 aliphatic heterocycles. The van der Waals surface area contributed by atoms with E-state index in [9.17, 15) is 13.6 Å². The number of nitrogens with two attached hydrogens (primary N) is 1. The van der Waals surface area contributed by atoms with Gasteiger partial charge in [0.2, 0.25) is 0 Å². The van der Waals surface area contributed by atoms with E-state index in [1.165, 1.54) is 6.07 Å². The highest BCUT2D eigenvalue weighted by atomic mass is 35.5. The fourth-order valence-electron chi connectivity index (χ4n) is 3.78. The molecular formula is C21H21Cl2F2N5OS. The van der Waals surface area contributed by atoms with Crippen LogP contribution in [0.1, 0.15) is 29.8 Å². The van der Waals surface area contributed by atoms with Gasteiger partial charge in [-0.05, 0) is 50.3 Å². The van der Waals surface area contributed by atoms with Gasteiger partial charge in [0.1, 0.15) is 11.6 Å². The molecule has 0 spiro atoms. The Labute approximate surface area is 199 Å². The van der Waals surface area contributed by atoms with Crippen LogP contribution in [0.15, 0.2) is 35.4 Å². The molecule has 1 heterocycles. The number of nitrogens with one attached hydrogen (secondary N) is 1. The van der Waals surface area contributed by atoms with E-state index in [1.54, 1.807) is 21.9 Å². The first-order valence-electron chi connectivity index (χ1n) is 9.68. The lowest BCUT2D eigenvalue weighted by Crippen LogP contribution is -2.59. The van der Waals surface area contributed by atoms with Crippen LogP contribution in [-0.4, -0.2) is 47.3 Å². The lowest BCUT2D eigenvalue weighted by molar-refractivity contribution is 0.0574. The third kappa shape index (κ3) is 5.28. The minimum atomic E-state index is -0.651. The largest absolute Gasteiger partial charge is 0.375 e. The minimum absolute atomic E-state index is 0.0534. The highest BCUT2D eigenvalue weighted by Gasteiger charge is 2.35. The van der Waals surface area contributed by atoms with Crippen LogP contribution in [0.5, 0.6) is 0 Å². The van der Waals surface area contributed by atoms with Crippen molar-refractivity contribution >= 4 is 58.3 Å². The van der Waals surface area contributed by atoms with E-state index in [1.807, 2.05) is 13.8 Å². The van der Waals surface area contributed by atoms with E-state index in [-0.39, 0.29) is 39.4 Å². The van der Waals surface area contributed by atoms with Gasteiger partial charge in [-0.15, -0.1) is 0 Å². The predicted octanol–water partition coefficient (Wildman–Crippen LogP) is 4.18. The summed E-state index contributed by atoms with van der Waals surface area (Å²) < 4.78 is 29.4. The number of thiocarbonyl (C=S) groups is 1. The van der Waals surface area contributed by atoms with Gasteiger partial charge in [0.15, 0.2) is 5.11 Å². The molecule has 0 unspecified atom stereocenters. The number of piperazine rings is 1. The fraction of sp³-hybridized carbons (Fsp3) is 0.286. The van der Waals surface area contributed by atoms with Crippen LogP contribution < -0.4 is 16.1 Å². The molecule has 1 fully saturated rings. The van der Waals surface area contributed by atoms with E-state index in [2.05, 4.69) is 22.7 Å². The Balaban J connectivity index is 1.80. The van der Waals surface area contributed by atoms with Crippen molar-refractivity contribution < 1.29 is 13.6 Å². The van der Waals surface area contributed by atoms with Gasteiger partial charge in [-0.2, -0.15) is 5.10 Å². The van der Waals surface area contributed by atoms with Gasteiger partial charge in [0.05, 0.1) is 22.5 Å². The predicted molar refractivity (Wildman–Crippen MR) is 128 cm³/mol. The van der Waals surface area contributed by atoms with Crippen molar-refractivity contribution in [1.29, 1.82) is 0 Å². The Morgan fingerprint density at radius 2 is 1.84 bits per heavy atom. The van der Waals surface area contributed by atoms with Crippen molar-refractivity contribution in [3.8, 4) is 0 Å². The van der Waals surface area contributed by atoms with Gasteiger partial charge >= 0.3 is 0 Å².